The van der Waals surface area contributed by atoms with Crippen molar-refractivity contribution in [3.63, 3.8) is 0 Å². The number of rotatable bonds is 15. The third-order valence-corrected chi connectivity index (χ3v) is 6.21. The fourth-order valence-corrected chi connectivity index (χ4v) is 3.62. The second kappa shape index (κ2) is 15.2. The molecule has 0 saturated heterocycles. The van der Waals surface area contributed by atoms with Crippen molar-refractivity contribution in [1.29, 1.82) is 0 Å². The minimum Gasteiger partial charge on any atom is -0.508 e. The predicted octanol–water partition coefficient (Wildman–Crippen LogP) is -0.407. The van der Waals surface area contributed by atoms with E-state index in [0.717, 1.165) is 0 Å². The quantitative estimate of drug-likeness (QED) is 0.164. The molecule has 12 heteroatoms. The molecule has 1 aromatic rings. The first-order valence-corrected chi connectivity index (χ1v) is 12.7. The number of amides is 3. The summed E-state index contributed by atoms with van der Waals surface area (Å²) in [6.07, 6.45) is 2.85. The highest BCUT2D eigenvalue weighted by Crippen LogP contribution is 2.13. The Morgan fingerprint density at radius 1 is 1.00 bits per heavy atom. The van der Waals surface area contributed by atoms with Crippen LogP contribution in [-0.4, -0.2) is 81.8 Å². The Morgan fingerprint density at radius 2 is 1.60 bits per heavy atom. The number of phenols is 1. The van der Waals surface area contributed by atoms with E-state index in [9.17, 15) is 29.4 Å². The standard InChI is InChI=1S/C23H36N4O7S/c1-4-13(2)19(22(32)26-18(12-28)23(33)34)27-21(31)17(11-14-5-7-15(29)8-6-14)25-20(30)16(24)9-10-35-3/h5-8,13,16-19,28-29H,4,9-12,24H2,1-3H3,(H,25,30)(H,26,32)(H,27,31)(H,33,34). The molecule has 0 aliphatic carbocycles. The molecule has 0 aromatic heterocycles. The molecule has 0 radical (unpaired) electrons. The number of nitrogens with one attached hydrogen (secondary N) is 3. The van der Waals surface area contributed by atoms with Crippen LogP contribution in [0.25, 0.3) is 0 Å². The van der Waals surface area contributed by atoms with Crippen LogP contribution < -0.4 is 21.7 Å². The maximum atomic E-state index is 13.2. The van der Waals surface area contributed by atoms with E-state index in [1.54, 1.807) is 26.0 Å². The summed E-state index contributed by atoms with van der Waals surface area (Å²) in [6, 6.07) is 1.57. The van der Waals surface area contributed by atoms with Crippen LogP contribution in [0.5, 0.6) is 5.75 Å². The summed E-state index contributed by atoms with van der Waals surface area (Å²) in [5, 5.41) is 35.4. The number of benzene rings is 1. The number of aliphatic hydroxyl groups is 1. The minimum absolute atomic E-state index is 0.0447. The number of carboxylic acid groups (broad SMARTS) is 1. The lowest BCUT2D eigenvalue weighted by Gasteiger charge is -2.28. The smallest absolute Gasteiger partial charge is 0.328 e. The number of phenolic OH excluding ortho intramolecular Hbond substituents is 1. The third-order valence-electron chi connectivity index (χ3n) is 5.57. The summed E-state index contributed by atoms with van der Waals surface area (Å²) in [5.41, 5.74) is 6.60. The largest absolute Gasteiger partial charge is 0.508 e. The SMILES string of the molecule is CCC(C)C(NC(=O)C(Cc1ccc(O)cc1)NC(=O)C(N)CCSC)C(=O)NC(CO)C(=O)O. The second-order valence-electron chi connectivity index (χ2n) is 8.27. The summed E-state index contributed by atoms with van der Waals surface area (Å²) in [4.78, 5) is 49.9. The molecule has 8 N–H and O–H groups in total. The van der Waals surface area contributed by atoms with E-state index < -0.39 is 54.5 Å². The van der Waals surface area contributed by atoms with Crippen LogP contribution in [0.15, 0.2) is 24.3 Å². The van der Waals surface area contributed by atoms with Crippen LogP contribution in [0.1, 0.15) is 32.3 Å². The molecule has 0 aliphatic rings. The first-order valence-electron chi connectivity index (χ1n) is 11.3. The van der Waals surface area contributed by atoms with Crippen LogP contribution in [0.2, 0.25) is 0 Å². The molecule has 196 valence electrons. The van der Waals surface area contributed by atoms with Gasteiger partial charge in [-0.05, 0) is 42.0 Å². The van der Waals surface area contributed by atoms with Gasteiger partial charge in [0.1, 0.15) is 23.9 Å². The Bertz CT molecular complexity index is 853. The number of carbonyl (C=O) groups is 4. The number of thioether (sulfide) groups is 1. The minimum atomic E-state index is -1.52. The summed E-state index contributed by atoms with van der Waals surface area (Å²) < 4.78 is 0. The molecule has 3 amide bonds. The molecular formula is C23H36N4O7S. The van der Waals surface area contributed by atoms with Gasteiger partial charge in [0.05, 0.1) is 12.6 Å². The van der Waals surface area contributed by atoms with Crippen molar-refractivity contribution in [1.82, 2.24) is 16.0 Å². The maximum absolute atomic E-state index is 13.2. The number of hydrogen-bond donors (Lipinski definition) is 7. The average Bonchev–Trinajstić information content (AvgIpc) is 2.83. The Labute approximate surface area is 209 Å². The average molecular weight is 513 g/mol. The van der Waals surface area contributed by atoms with Gasteiger partial charge in [-0.25, -0.2) is 4.79 Å². The van der Waals surface area contributed by atoms with E-state index in [1.165, 1.54) is 23.9 Å². The Morgan fingerprint density at radius 3 is 2.11 bits per heavy atom. The monoisotopic (exact) mass is 512 g/mol. The van der Waals surface area contributed by atoms with Crippen molar-refractivity contribution in [3.05, 3.63) is 29.8 Å². The zero-order valence-corrected chi connectivity index (χ0v) is 21.0. The number of carboxylic acids is 1. The highest BCUT2D eigenvalue weighted by atomic mass is 32.2. The van der Waals surface area contributed by atoms with E-state index in [1.807, 2.05) is 6.26 Å². The molecule has 0 saturated carbocycles. The Kier molecular flexibility index (Phi) is 13.1. The van der Waals surface area contributed by atoms with Gasteiger partial charge in [0.2, 0.25) is 17.7 Å². The summed E-state index contributed by atoms with van der Waals surface area (Å²) >= 11 is 1.54. The van der Waals surface area contributed by atoms with Crippen LogP contribution in [0, 0.1) is 5.92 Å². The van der Waals surface area contributed by atoms with Crippen LogP contribution >= 0.6 is 11.8 Å². The summed E-state index contributed by atoms with van der Waals surface area (Å²) in [6.45, 7) is 2.71. The number of aromatic hydroxyl groups is 1. The van der Waals surface area contributed by atoms with E-state index in [0.29, 0.717) is 24.2 Å². The Hall–Kier alpha value is -2.83. The predicted molar refractivity (Wildman–Crippen MR) is 133 cm³/mol. The molecular weight excluding hydrogens is 476 g/mol. The zero-order valence-electron chi connectivity index (χ0n) is 20.2. The van der Waals surface area contributed by atoms with Crippen LogP contribution in [0.3, 0.4) is 0 Å². The lowest BCUT2D eigenvalue weighted by molar-refractivity contribution is -0.143. The van der Waals surface area contributed by atoms with Gasteiger partial charge in [0, 0.05) is 6.42 Å². The Balaban J connectivity index is 3.11. The highest BCUT2D eigenvalue weighted by Gasteiger charge is 2.32. The van der Waals surface area contributed by atoms with Gasteiger partial charge in [0.15, 0.2) is 0 Å². The molecule has 0 bridgehead atoms. The van der Waals surface area contributed by atoms with Crippen molar-refractivity contribution in [3.8, 4) is 5.75 Å². The van der Waals surface area contributed by atoms with Crippen molar-refractivity contribution < 1.29 is 34.5 Å². The first kappa shape index (κ1) is 30.2. The zero-order chi connectivity index (χ0) is 26.5. The number of hydrogen-bond acceptors (Lipinski definition) is 8. The molecule has 5 atom stereocenters. The third kappa shape index (κ3) is 10.1. The van der Waals surface area contributed by atoms with Crippen molar-refractivity contribution in [2.24, 2.45) is 11.7 Å². The number of nitrogens with two attached hydrogens (primary N) is 1. The van der Waals surface area contributed by atoms with Crippen LogP contribution in [0.4, 0.5) is 0 Å². The molecule has 35 heavy (non-hydrogen) atoms. The van der Waals surface area contributed by atoms with E-state index >= 15 is 0 Å². The topological polar surface area (TPSA) is 191 Å². The molecule has 5 unspecified atom stereocenters. The fraction of sp³-hybridized carbons (Fsp3) is 0.565. The van der Waals surface area contributed by atoms with Crippen LogP contribution in [-0.2, 0) is 25.6 Å². The van der Waals surface area contributed by atoms with Gasteiger partial charge < -0.3 is 37.0 Å². The first-order chi connectivity index (χ1) is 16.5. The van der Waals surface area contributed by atoms with Crippen molar-refractivity contribution >= 4 is 35.5 Å². The van der Waals surface area contributed by atoms with E-state index in [4.69, 9.17) is 10.8 Å². The van der Waals surface area contributed by atoms with E-state index in [-0.39, 0.29) is 18.1 Å². The highest BCUT2D eigenvalue weighted by molar-refractivity contribution is 7.98. The van der Waals surface area contributed by atoms with Gasteiger partial charge in [-0.15, -0.1) is 0 Å². The molecule has 0 aliphatic heterocycles. The lowest BCUT2D eigenvalue weighted by atomic mass is 9.96. The number of carbonyl (C=O) groups excluding carboxylic acids is 3. The molecule has 1 rings (SSSR count). The molecule has 1 aromatic carbocycles. The summed E-state index contributed by atoms with van der Waals surface area (Å²) in [5.74, 6) is -3.01. The molecule has 11 nitrogen and oxygen atoms in total. The van der Waals surface area contributed by atoms with Crippen molar-refractivity contribution in [2.45, 2.75) is 57.3 Å². The molecule has 0 fully saturated rings. The lowest BCUT2D eigenvalue weighted by Crippen LogP contribution is -2.59. The number of aliphatic carboxylic acids is 1. The van der Waals surface area contributed by atoms with Gasteiger partial charge in [0.25, 0.3) is 0 Å². The number of aliphatic hydroxyl groups excluding tert-OH is 1. The summed E-state index contributed by atoms with van der Waals surface area (Å²) in [7, 11) is 0. The van der Waals surface area contributed by atoms with Gasteiger partial charge in [-0.2, -0.15) is 11.8 Å². The van der Waals surface area contributed by atoms with Gasteiger partial charge in [-0.1, -0.05) is 32.4 Å². The molecule has 0 spiro atoms. The van der Waals surface area contributed by atoms with Crippen molar-refractivity contribution in [2.75, 3.05) is 18.6 Å². The maximum Gasteiger partial charge on any atom is 0.328 e. The van der Waals surface area contributed by atoms with Gasteiger partial charge >= 0.3 is 5.97 Å². The van der Waals surface area contributed by atoms with E-state index in [2.05, 4.69) is 16.0 Å². The normalized spacial score (nSPS) is 15.2. The molecule has 0 heterocycles. The second-order valence-corrected chi connectivity index (χ2v) is 9.26. The fourth-order valence-electron chi connectivity index (χ4n) is 3.13. The van der Waals surface area contributed by atoms with Gasteiger partial charge in [-0.3, -0.25) is 14.4 Å².